The maximum Gasteiger partial charge on any atom is 0.137 e. The molecule has 0 atom stereocenters. The lowest BCUT2D eigenvalue weighted by Gasteiger charge is -2.29. The van der Waals surface area contributed by atoms with Crippen molar-refractivity contribution < 1.29 is 0 Å². The zero-order valence-corrected chi connectivity index (χ0v) is 11.3. The summed E-state index contributed by atoms with van der Waals surface area (Å²) in [6.07, 6.45) is 5.20. The number of rotatable bonds is 2. The molecule has 1 aromatic heterocycles. The Morgan fingerprint density at radius 2 is 2.00 bits per heavy atom. The van der Waals surface area contributed by atoms with Crippen LogP contribution < -0.4 is 5.32 Å². The van der Waals surface area contributed by atoms with Crippen LogP contribution in [0.15, 0.2) is 6.08 Å². The molecule has 1 aromatic rings. The lowest BCUT2D eigenvalue weighted by molar-refractivity contribution is 0.694. The number of fused-ring (bicyclic) bond motifs is 1. The average Bonchev–Trinajstić information content (AvgIpc) is 2.25. The van der Waals surface area contributed by atoms with Gasteiger partial charge in [0.05, 0.1) is 11.2 Å². The van der Waals surface area contributed by atoms with E-state index in [1.54, 1.807) is 0 Å². The molecule has 0 unspecified atom stereocenters. The Labute approximate surface area is 103 Å². The summed E-state index contributed by atoms with van der Waals surface area (Å²) in [6.45, 7) is 10.7. The minimum absolute atomic E-state index is 0.0272. The summed E-state index contributed by atoms with van der Waals surface area (Å²) < 4.78 is 0. The van der Waals surface area contributed by atoms with Crippen molar-refractivity contribution in [3.8, 4) is 0 Å². The predicted molar refractivity (Wildman–Crippen MR) is 72.2 cm³/mol. The van der Waals surface area contributed by atoms with Crippen molar-refractivity contribution in [1.29, 1.82) is 0 Å². The van der Waals surface area contributed by atoms with Crippen molar-refractivity contribution in [1.82, 2.24) is 9.97 Å². The van der Waals surface area contributed by atoms with Crippen LogP contribution in [0.25, 0.3) is 6.08 Å². The standard InChI is InChI=1S/C14H21N3/c1-6-11-15-12(9(2)3)10-7-8-14(4,5)17-13(10)16-11/h7-9H,6H2,1-5H3,(H,15,16,17). The van der Waals surface area contributed by atoms with E-state index >= 15 is 0 Å². The second-order valence-electron chi connectivity index (χ2n) is 5.48. The number of nitrogens with one attached hydrogen (secondary N) is 1. The first-order chi connectivity index (χ1) is 7.93. The SMILES string of the molecule is CCc1nc2c(c(C(C)C)n1)C=CC(C)(C)N2. The maximum absolute atomic E-state index is 4.65. The third kappa shape index (κ3) is 2.33. The third-order valence-electron chi connectivity index (χ3n) is 2.99. The summed E-state index contributed by atoms with van der Waals surface area (Å²) in [6, 6.07) is 0. The molecule has 0 spiro atoms. The average molecular weight is 231 g/mol. The largest absolute Gasteiger partial charge is 0.361 e. The van der Waals surface area contributed by atoms with Crippen LogP contribution in [0.4, 0.5) is 5.82 Å². The topological polar surface area (TPSA) is 37.8 Å². The van der Waals surface area contributed by atoms with Crippen molar-refractivity contribution in [3.05, 3.63) is 23.2 Å². The smallest absolute Gasteiger partial charge is 0.137 e. The van der Waals surface area contributed by atoms with E-state index in [1.807, 2.05) is 0 Å². The van der Waals surface area contributed by atoms with E-state index in [0.717, 1.165) is 29.3 Å². The van der Waals surface area contributed by atoms with Crippen LogP contribution in [0.2, 0.25) is 0 Å². The summed E-state index contributed by atoms with van der Waals surface area (Å²) >= 11 is 0. The Bertz CT molecular complexity index is 459. The maximum atomic E-state index is 4.65. The Morgan fingerprint density at radius 3 is 2.59 bits per heavy atom. The highest BCUT2D eigenvalue weighted by Gasteiger charge is 2.24. The van der Waals surface area contributed by atoms with E-state index in [4.69, 9.17) is 0 Å². The monoisotopic (exact) mass is 231 g/mol. The van der Waals surface area contributed by atoms with Crippen LogP contribution in [0.3, 0.4) is 0 Å². The van der Waals surface area contributed by atoms with Crippen molar-refractivity contribution in [2.24, 2.45) is 0 Å². The Hall–Kier alpha value is -1.38. The number of hydrogen-bond acceptors (Lipinski definition) is 3. The van der Waals surface area contributed by atoms with Gasteiger partial charge in [0.1, 0.15) is 11.6 Å². The summed E-state index contributed by atoms with van der Waals surface area (Å²) in [7, 11) is 0. The molecule has 3 nitrogen and oxygen atoms in total. The molecular weight excluding hydrogens is 210 g/mol. The summed E-state index contributed by atoms with van der Waals surface area (Å²) in [5.41, 5.74) is 2.27. The molecule has 2 rings (SSSR count). The van der Waals surface area contributed by atoms with Gasteiger partial charge in [0.25, 0.3) is 0 Å². The highest BCUT2D eigenvalue weighted by atomic mass is 15.1. The van der Waals surface area contributed by atoms with Gasteiger partial charge in [0, 0.05) is 12.0 Å². The summed E-state index contributed by atoms with van der Waals surface area (Å²) in [4.78, 5) is 9.25. The zero-order chi connectivity index (χ0) is 12.6. The first-order valence-corrected chi connectivity index (χ1v) is 6.31. The number of hydrogen-bond donors (Lipinski definition) is 1. The van der Waals surface area contributed by atoms with Crippen molar-refractivity contribution >= 4 is 11.9 Å². The summed E-state index contributed by atoms with van der Waals surface area (Å²) in [5, 5.41) is 3.47. The van der Waals surface area contributed by atoms with Crippen LogP contribution in [0.5, 0.6) is 0 Å². The van der Waals surface area contributed by atoms with Crippen molar-refractivity contribution in [2.75, 3.05) is 5.32 Å². The van der Waals surface area contributed by atoms with Gasteiger partial charge in [-0.25, -0.2) is 9.97 Å². The normalized spacial score (nSPS) is 16.8. The Morgan fingerprint density at radius 1 is 1.29 bits per heavy atom. The molecule has 17 heavy (non-hydrogen) atoms. The second kappa shape index (κ2) is 4.13. The Kier molecular flexibility index (Phi) is 2.94. The second-order valence-corrected chi connectivity index (χ2v) is 5.48. The van der Waals surface area contributed by atoms with Crippen LogP contribution >= 0.6 is 0 Å². The van der Waals surface area contributed by atoms with E-state index in [9.17, 15) is 0 Å². The number of aryl methyl sites for hydroxylation is 1. The fraction of sp³-hybridized carbons (Fsp3) is 0.571. The number of aromatic nitrogens is 2. The van der Waals surface area contributed by atoms with Gasteiger partial charge in [-0.2, -0.15) is 0 Å². The molecule has 2 heterocycles. The Balaban J connectivity index is 2.57. The van der Waals surface area contributed by atoms with Crippen LogP contribution in [0.1, 0.15) is 57.6 Å². The molecule has 0 aromatic carbocycles. The highest BCUT2D eigenvalue weighted by molar-refractivity contribution is 5.71. The van der Waals surface area contributed by atoms with Crippen LogP contribution in [-0.4, -0.2) is 15.5 Å². The molecule has 0 aliphatic carbocycles. The molecule has 0 bridgehead atoms. The molecule has 0 amide bonds. The van der Waals surface area contributed by atoms with Gasteiger partial charge < -0.3 is 5.32 Å². The molecule has 1 N–H and O–H groups in total. The van der Waals surface area contributed by atoms with E-state index in [0.29, 0.717) is 5.92 Å². The molecule has 1 aliphatic rings. The molecule has 0 saturated carbocycles. The molecule has 1 aliphatic heterocycles. The van der Waals surface area contributed by atoms with Crippen molar-refractivity contribution in [2.45, 2.75) is 52.5 Å². The molecule has 3 heteroatoms. The fourth-order valence-electron chi connectivity index (χ4n) is 2.03. The first kappa shape index (κ1) is 12.1. The summed E-state index contributed by atoms with van der Waals surface area (Å²) in [5.74, 6) is 2.32. The fourth-order valence-corrected chi connectivity index (χ4v) is 2.03. The van der Waals surface area contributed by atoms with Crippen LogP contribution in [-0.2, 0) is 6.42 Å². The van der Waals surface area contributed by atoms with E-state index in [2.05, 4.69) is 62.1 Å². The minimum Gasteiger partial charge on any atom is -0.361 e. The highest BCUT2D eigenvalue weighted by Crippen LogP contribution is 2.31. The van der Waals surface area contributed by atoms with Gasteiger partial charge >= 0.3 is 0 Å². The molecular formula is C14H21N3. The van der Waals surface area contributed by atoms with Crippen molar-refractivity contribution in [3.63, 3.8) is 0 Å². The van der Waals surface area contributed by atoms with Gasteiger partial charge in [-0.05, 0) is 19.8 Å². The zero-order valence-electron chi connectivity index (χ0n) is 11.3. The van der Waals surface area contributed by atoms with E-state index in [-0.39, 0.29) is 5.54 Å². The molecule has 0 radical (unpaired) electrons. The lowest BCUT2D eigenvalue weighted by atomic mass is 9.95. The van der Waals surface area contributed by atoms with Gasteiger partial charge in [0.15, 0.2) is 0 Å². The first-order valence-electron chi connectivity index (χ1n) is 6.31. The van der Waals surface area contributed by atoms with E-state index in [1.165, 1.54) is 0 Å². The number of anilines is 1. The van der Waals surface area contributed by atoms with Gasteiger partial charge in [-0.15, -0.1) is 0 Å². The van der Waals surface area contributed by atoms with Gasteiger partial charge in [-0.1, -0.05) is 32.9 Å². The third-order valence-corrected chi connectivity index (χ3v) is 2.99. The lowest BCUT2D eigenvalue weighted by Crippen LogP contribution is -2.32. The van der Waals surface area contributed by atoms with Crippen LogP contribution in [0, 0.1) is 0 Å². The molecule has 0 saturated heterocycles. The van der Waals surface area contributed by atoms with E-state index < -0.39 is 0 Å². The number of nitrogens with zero attached hydrogens (tertiary/aromatic N) is 2. The minimum atomic E-state index is -0.0272. The predicted octanol–water partition coefficient (Wildman–Crippen LogP) is 3.38. The van der Waals surface area contributed by atoms with Gasteiger partial charge in [0.2, 0.25) is 0 Å². The van der Waals surface area contributed by atoms with Gasteiger partial charge in [-0.3, -0.25) is 0 Å². The molecule has 92 valence electrons. The quantitative estimate of drug-likeness (QED) is 0.848. The molecule has 0 fully saturated rings.